The number of carbonyl (C=O) groups is 6. The van der Waals surface area contributed by atoms with Crippen molar-refractivity contribution in [3.8, 4) is 0 Å². The molecule has 52 heavy (non-hydrogen) atoms. The Balaban J connectivity index is 1.42. The molecule has 0 radical (unpaired) electrons. The molecule has 1 saturated heterocycles. The first-order valence-corrected chi connectivity index (χ1v) is 17.8. The molecule has 2 unspecified atom stereocenters. The van der Waals surface area contributed by atoms with E-state index in [1.54, 1.807) is 72.8 Å². The lowest BCUT2D eigenvalue weighted by Crippen LogP contribution is -2.49. The Morgan fingerprint density at radius 3 is 2.12 bits per heavy atom. The number of nitrogens with zero attached hydrogens (tertiary/aromatic N) is 2. The molecule has 0 spiro atoms. The van der Waals surface area contributed by atoms with Crippen LogP contribution in [0.15, 0.2) is 78.9 Å². The third-order valence-electron chi connectivity index (χ3n) is 9.92. The number of hydrogen-bond donors (Lipinski definition) is 4. The molecule has 3 aromatic carbocycles. The van der Waals surface area contributed by atoms with Gasteiger partial charge in [-0.2, -0.15) is 0 Å². The van der Waals surface area contributed by atoms with E-state index < -0.39 is 47.9 Å². The second-order valence-corrected chi connectivity index (χ2v) is 13.9. The van der Waals surface area contributed by atoms with Crippen molar-refractivity contribution in [1.29, 1.82) is 0 Å². The van der Waals surface area contributed by atoms with Crippen LogP contribution in [-0.2, 0) is 41.6 Å². The summed E-state index contributed by atoms with van der Waals surface area (Å²) in [5, 5.41) is 25.5. The van der Waals surface area contributed by atoms with Crippen molar-refractivity contribution < 1.29 is 39.0 Å². The van der Waals surface area contributed by atoms with Gasteiger partial charge in [-0.05, 0) is 60.2 Å². The molecule has 274 valence electrons. The Hall–Kier alpha value is -5.23. The maximum Gasteiger partial charge on any atom is 0.326 e. The topological polar surface area (TPSA) is 173 Å². The van der Waals surface area contributed by atoms with Gasteiger partial charge in [0.15, 0.2) is 0 Å². The SMILES string of the molecule is CC(=O)NCCC1(C(=O)NC(Cc2ccc(N3C(=O)[C@@H](Cc4ccc(Cl)cc4)N(C(=O)CCC(=O)O)C3c3ccccc3)cc2)C(=O)O)CCCC1. The molecule has 3 aromatic rings. The Labute approximate surface area is 307 Å². The molecule has 13 heteroatoms. The van der Waals surface area contributed by atoms with Crippen molar-refractivity contribution in [3.63, 3.8) is 0 Å². The number of hydrogen-bond acceptors (Lipinski definition) is 6. The number of amides is 4. The Bertz CT molecular complexity index is 1780. The molecule has 4 amide bonds. The minimum Gasteiger partial charge on any atom is -0.481 e. The number of rotatable bonds is 15. The highest BCUT2D eigenvalue weighted by Crippen LogP contribution is 2.42. The summed E-state index contributed by atoms with van der Waals surface area (Å²) in [5.74, 6) is -3.70. The lowest BCUT2D eigenvalue weighted by Gasteiger charge is -2.32. The van der Waals surface area contributed by atoms with E-state index in [1.165, 1.54) is 16.7 Å². The zero-order valence-electron chi connectivity index (χ0n) is 28.9. The molecular weight excluding hydrogens is 688 g/mol. The largest absolute Gasteiger partial charge is 0.481 e. The van der Waals surface area contributed by atoms with Gasteiger partial charge in [-0.3, -0.25) is 28.9 Å². The summed E-state index contributed by atoms with van der Waals surface area (Å²) >= 11 is 6.10. The van der Waals surface area contributed by atoms with Gasteiger partial charge in [0.05, 0.1) is 11.8 Å². The molecule has 1 saturated carbocycles. The fourth-order valence-corrected chi connectivity index (χ4v) is 7.37. The van der Waals surface area contributed by atoms with E-state index in [4.69, 9.17) is 11.6 Å². The maximum absolute atomic E-state index is 14.4. The summed E-state index contributed by atoms with van der Waals surface area (Å²) in [7, 11) is 0. The first-order chi connectivity index (χ1) is 24.9. The highest BCUT2D eigenvalue weighted by molar-refractivity contribution is 6.30. The summed E-state index contributed by atoms with van der Waals surface area (Å²) in [5.41, 5.74) is 1.72. The molecule has 3 atom stereocenters. The molecule has 0 bridgehead atoms. The van der Waals surface area contributed by atoms with E-state index >= 15 is 0 Å². The first-order valence-electron chi connectivity index (χ1n) is 17.4. The minimum absolute atomic E-state index is 0.0157. The van der Waals surface area contributed by atoms with Crippen LogP contribution < -0.4 is 15.5 Å². The second kappa shape index (κ2) is 16.9. The van der Waals surface area contributed by atoms with E-state index in [0.29, 0.717) is 47.6 Å². The van der Waals surface area contributed by atoms with Crippen molar-refractivity contribution >= 4 is 52.9 Å². The number of nitrogens with one attached hydrogen (secondary N) is 2. The Kier molecular flexibility index (Phi) is 12.3. The number of benzene rings is 3. The van der Waals surface area contributed by atoms with Gasteiger partial charge in [-0.1, -0.05) is 79.0 Å². The number of carbonyl (C=O) groups excluding carboxylic acids is 4. The first kappa shape index (κ1) is 38.0. The van der Waals surface area contributed by atoms with Crippen LogP contribution in [0.25, 0.3) is 0 Å². The van der Waals surface area contributed by atoms with E-state index in [9.17, 15) is 39.0 Å². The average molecular weight is 731 g/mol. The summed E-state index contributed by atoms with van der Waals surface area (Å²) in [6.45, 7) is 1.73. The average Bonchev–Trinajstić information content (AvgIpc) is 3.71. The van der Waals surface area contributed by atoms with Gasteiger partial charge >= 0.3 is 11.9 Å². The van der Waals surface area contributed by atoms with E-state index in [0.717, 1.165) is 18.4 Å². The number of anilines is 1. The van der Waals surface area contributed by atoms with Gasteiger partial charge in [0, 0.05) is 43.4 Å². The highest BCUT2D eigenvalue weighted by Gasteiger charge is 2.49. The van der Waals surface area contributed by atoms with Crippen LogP contribution in [0.2, 0.25) is 5.02 Å². The standard InChI is InChI=1S/C39H43ClN4O8/c1-25(45)41-22-21-39(19-5-6-20-39)38(52)42-31(37(50)51)23-26-11-15-30(16-12-26)43-35(28-7-3-2-4-8-28)44(33(46)17-18-34(47)48)32(36(43)49)24-27-9-13-29(40)14-10-27/h2-4,7-16,31-32,35H,5-6,17-24H2,1H3,(H,41,45)(H,42,52)(H,47,48)(H,50,51)/t31?,32-,35?/m1/s1. The van der Waals surface area contributed by atoms with E-state index in [-0.39, 0.29) is 37.0 Å². The molecule has 2 fully saturated rings. The van der Waals surface area contributed by atoms with Gasteiger partial charge in [0.1, 0.15) is 18.2 Å². The molecule has 0 aromatic heterocycles. The van der Waals surface area contributed by atoms with Crippen molar-refractivity contribution in [2.24, 2.45) is 5.41 Å². The summed E-state index contributed by atoms with van der Waals surface area (Å²) in [6, 6.07) is 20.5. The maximum atomic E-state index is 14.4. The van der Waals surface area contributed by atoms with E-state index in [1.807, 2.05) is 6.07 Å². The lowest BCUT2D eigenvalue weighted by atomic mass is 9.81. The van der Waals surface area contributed by atoms with Gasteiger partial charge in [0.25, 0.3) is 5.91 Å². The van der Waals surface area contributed by atoms with Crippen molar-refractivity contribution in [2.45, 2.75) is 83.0 Å². The third-order valence-corrected chi connectivity index (χ3v) is 10.2. The van der Waals surface area contributed by atoms with Crippen LogP contribution in [-0.4, -0.2) is 69.3 Å². The van der Waals surface area contributed by atoms with Crippen molar-refractivity contribution in [1.82, 2.24) is 15.5 Å². The highest BCUT2D eigenvalue weighted by atomic mass is 35.5. The van der Waals surface area contributed by atoms with Crippen LogP contribution in [0.3, 0.4) is 0 Å². The Morgan fingerprint density at radius 1 is 0.885 bits per heavy atom. The van der Waals surface area contributed by atoms with E-state index in [2.05, 4.69) is 10.6 Å². The number of halogens is 1. The summed E-state index contributed by atoms with van der Waals surface area (Å²) in [6.07, 6.45) is 1.89. The smallest absolute Gasteiger partial charge is 0.326 e. The normalized spacial score (nSPS) is 18.5. The van der Waals surface area contributed by atoms with Gasteiger partial charge in [-0.15, -0.1) is 0 Å². The lowest BCUT2D eigenvalue weighted by molar-refractivity contribution is -0.144. The van der Waals surface area contributed by atoms with Crippen LogP contribution in [0.5, 0.6) is 0 Å². The molecule has 1 aliphatic carbocycles. The van der Waals surface area contributed by atoms with Gasteiger partial charge in [-0.25, -0.2) is 4.79 Å². The second-order valence-electron chi connectivity index (χ2n) is 13.5. The number of aliphatic carboxylic acids is 2. The number of carboxylic acid groups (broad SMARTS) is 2. The quantitative estimate of drug-likeness (QED) is 0.171. The zero-order valence-corrected chi connectivity index (χ0v) is 29.7. The molecule has 4 N–H and O–H groups in total. The van der Waals surface area contributed by atoms with Gasteiger partial charge < -0.3 is 25.7 Å². The van der Waals surface area contributed by atoms with Crippen LogP contribution >= 0.6 is 11.6 Å². The number of carboxylic acids is 2. The molecule has 12 nitrogen and oxygen atoms in total. The van der Waals surface area contributed by atoms with Gasteiger partial charge in [0.2, 0.25) is 17.7 Å². The van der Waals surface area contributed by atoms with Crippen molar-refractivity contribution in [3.05, 3.63) is 101 Å². The predicted molar refractivity (Wildman–Crippen MR) is 193 cm³/mol. The monoisotopic (exact) mass is 730 g/mol. The van der Waals surface area contributed by atoms with Crippen LogP contribution in [0, 0.1) is 5.41 Å². The van der Waals surface area contributed by atoms with Crippen molar-refractivity contribution in [2.75, 3.05) is 11.4 Å². The van der Waals surface area contributed by atoms with Crippen LogP contribution in [0.4, 0.5) is 5.69 Å². The predicted octanol–water partition coefficient (Wildman–Crippen LogP) is 4.89. The summed E-state index contributed by atoms with van der Waals surface area (Å²) in [4.78, 5) is 79.9. The fourth-order valence-electron chi connectivity index (χ4n) is 7.24. The Morgan fingerprint density at radius 2 is 1.52 bits per heavy atom. The minimum atomic E-state index is -1.21. The molecule has 2 aliphatic rings. The molecule has 1 aliphatic heterocycles. The zero-order chi connectivity index (χ0) is 37.4. The molecule has 1 heterocycles. The summed E-state index contributed by atoms with van der Waals surface area (Å²) < 4.78 is 0. The molecular formula is C39H43ClN4O8. The fraction of sp³-hybridized carbons (Fsp3) is 0.385. The third kappa shape index (κ3) is 8.97. The van der Waals surface area contributed by atoms with Crippen LogP contribution in [0.1, 0.15) is 74.7 Å². The molecule has 5 rings (SSSR count).